The van der Waals surface area contributed by atoms with Gasteiger partial charge in [0.05, 0.1) is 13.2 Å². The Morgan fingerprint density at radius 1 is 0.885 bits per heavy atom. The van der Waals surface area contributed by atoms with Gasteiger partial charge in [0.25, 0.3) is 0 Å². The quantitative estimate of drug-likeness (QED) is 0.611. The maximum atomic E-state index is 13.3. The molecule has 0 heterocycles. The van der Waals surface area contributed by atoms with Crippen LogP contribution in [0.15, 0.2) is 54.6 Å². The van der Waals surface area contributed by atoms with Gasteiger partial charge in [-0.3, -0.25) is 14.4 Å². The fourth-order valence-corrected chi connectivity index (χ4v) is 3.60. The van der Waals surface area contributed by atoms with Gasteiger partial charge < -0.3 is 9.47 Å². The lowest BCUT2D eigenvalue weighted by atomic mass is 9.71. The van der Waals surface area contributed by atoms with Crippen molar-refractivity contribution in [2.24, 2.45) is 5.41 Å². The first-order valence-electron chi connectivity index (χ1n) is 8.62. The summed E-state index contributed by atoms with van der Waals surface area (Å²) < 4.78 is 10.4. The monoisotopic (exact) mass is 352 g/mol. The highest BCUT2D eigenvalue weighted by atomic mass is 16.6. The number of esters is 2. The predicted octanol–water partition coefficient (Wildman–Crippen LogP) is 3.13. The number of Topliss-reactive ketones (excluding diaryl/α,β-unsaturated/α-hetero) is 1. The number of ether oxygens (including phenoxy) is 2. The molecule has 2 aromatic rings. The summed E-state index contributed by atoms with van der Waals surface area (Å²) in [6.07, 6.45) is 0. The van der Waals surface area contributed by atoms with Crippen molar-refractivity contribution in [3.63, 3.8) is 0 Å². The average Bonchev–Trinajstić information content (AvgIpc) is 2.93. The van der Waals surface area contributed by atoms with E-state index < -0.39 is 29.1 Å². The second-order valence-corrected chi connectivity index (χ2v) is 6.01. The molecule has 1 unspecified atom stereocenters. The van der Waals surface area contributed by atoms with E-state index in [0.29, 0.717) is 16.7 Å². The normalized spacial score (nSPS) is 17.5. The Bertz CT molecular complexity index is 822. The minimum absolute atomic E-state index is 0.0606. The first-order valence-corrected chi connectivity index (χ1v) is 8.62. The molecule has 134 valence electrons. The van der Waals surface area contributed by atoms with Crippen LogP contribution in [0.5, 0.6) is 0 Å². The van der Waals surface area contributed by atoms with Gasteiger partial charge in [-0.15, -0.1) is 0 Å². The van der Waals surface area contributed by atoms with Crippen molar-refractivity contribution in [3.05, 3.63) is 71.3 Å². The van der Waals surface area contributed by atoms with Crippen molar-refractivity contribution in [1.82, 2.24) is 0 Å². The second kappa shape index (κ2) is 7.12. The van der Waals surface area contributed by atoms with Gasteiger partial charge in [-0.1, -0.05) is 54.6 Å². The SMILES string of the molecule is CCOC(=O)C1(C(=O)OCC)C(=O)c2ccccc2C1c1ccccc1. The molecule has 0 bridgehead atoms. The molecule has 0 aliphatic heterocycles. The zero-order valence-corrected chi connectivity index (χ0v) is 14.7. The van der Waals surface area contributed by atoms with Crippen molar-refractivity contribution < 1.29 is 23.9 Å². The third-order valence-electron chi connectivity index (χ3n) is 4.64. The Kier molecular flexibility index (Phi) is 4.89. The minimum atomic E-state index is -2.06. The van der Waals surface area contributed by atoms with Crippen LogP contribution in [0.25, 0.3) is 0 Å². The molecule has 0 saturated heterocycles. The van der Waals surface area contributed by atoms with E-state index in [1.165, 1.54) is 0 Å². The van der Waals surface area contributed by atoms with Crippen LogP contribution in [-0.2, 0) is 19.1 Å². The van der Waals surface area contributed by atoms with E-state index in [9.17, 15) is 14.4 Å². The van der Waals surface area contributed by atoms with Crippen LogP contribution in [0.4, 0.5) is 0 Å². The average molecular weight is 352 g/mol. The lowest BCUT2D eigenvalue weighted by Crippen LogP contribution is -2.49. The maximum Gasteiger partial charge on any atom is 0.332 e. The summed E-state index contributed by atoms with van der Waals surface area (Å²) in [7, 11) is 0. The van der Waals surface area contributed by atoms with Gasteiger partial charge in [0.1, 0.15) is 0 Å². The molecule has 0 amide bonds. The molecule has 0 saturated carbocycles. The largest absolute Gasteiger partial charge is 0.465 e. The number of ketones is 1. The molecule has 5 nitrogen and oxygen atoms in total. The molecule has 2 aromatic carbocycles. The number of carbonyl (C=O) groups excluding carboxylic acids is 3. The summed E-state index contributed by atoms with van der Waals surface area (Å²) >= 11 is 0. The van der Waals surface area contributed by atoms with Gasteiger partial charge in [-0.05, 0) is 25.0 Å². The van der Waals surface area contributed by atoms with Crippen LogP contribution in [0.1, 0.15) is 41.3 Å². The maximum absolute atomic E-state index is 13.3. The number of carbonyl (C=O) groups is 3. The molecule has 0 radical (unpaired) electrons. The van der Waals surface area contributed by atoms with E-state index in [0.717, 1.165) is 0 Å². The Morgan fingerprint density at radius 3 is 2.00 bits per heavy atom. The summed E-state index contributed by atoms with van der Waals surface area (Å²) in [4.78, 5) is 39.3. The number of hydrogen-bond acceptors (Lipinski definition) is 5. The molecule has 0 aromatic heterocycles. The van der Waals surface area contributed by atoms with Crippen LogP contribution in [0.3, 0.4) is 0 Å². The summed E-state index contributed by atoms with van der Waals surface area (Å²) in [5, 5.41) is 0. The van der Waals surface area contributed by atoms with Gasteiger partial charge in [0, 0.05) is 11.5 Å². The predicted molar refractivity (Wildman–Crippen MR) is 94.8 cm³/mol. The van der Waals surface area contributed by atoms with Gasteiger partial charge in [0.15, 0.2) is 5.78 Å². The first kappa shape index (κ1) is 17.9. The number of rotatable bonds is 5. The Labute approximate surface area is 151 Å². The van der Waals surface area contributed by atoms with Crippen LogP contribution in [0.2, 0.25) is 0 Å². The highest BCUT2D eigenvalue weighted by Gasteiger charge is 2.66. The fraction of sp³-hybridized carbons (Fsp3) is 0.286. The van der Waals surface area contributed by atoms with Crippen molar-refractivity contribution in [1.29, 1.82) is 0 Å². The van der Waals surface area contributed by atoms with Crippen molar-refractivity contribution in [3.8, 4) is 0 Å². The summed E-state index contributed by atoms with van der Waals surface area (Å²) in [6.45, 7) is 3.40. The smallest absolute Gasteiger partial charge is 0.332 e. The summed E-state index contributed by atoms with van der Waals surface area (Å²) in [5.41, 5.74) is -0.393. The van der Waals surface area contributed by atoms with Gasteiger partial charge in [-0.2, -0.15) is 0 Å². The molecule has 1 aliphatic carbocycles. The topological polar surface area (TPSA) is 69.7 Å². The zero-order chi connectivity index (χ0) is 18.7. The molecule has 5 heteroatoms. The van der Waals surface area contributed by atoms with Crippen molar-refractivity contribution in [2.75, 3.05) is 13.2 Å². The van der Waals surface area contributed by atoms with E-state index in [1.54, 1.807) is 50.2 Å². The van der Waals surface area contributed by atoms with E-state index in [2.05, 4.69) is 0 Å². The molecule has 1 aliphatic rings. The Balaban J connectivity index is 2.31. The van der Waals surface area contributed by atoms with E-state index in [-0.39, 0.29) is 13.2 Å². The fourth-order valence-electron chi connectivity index (χ4n) is 3.60. The number of fused-ring (bicyclic) bond motifs is 1. The number of benzene rings is 2. The Hall–Kier alpha value is -2.95. The lowest BCUT2D eigenvalue weighted by molar-refractivity contribution is -0.168. The molecule has 26 heavy (non-hydrogen) atoms. The second-order valence-electron chi connectivity index (χ2n) is 6.01. The van der Waals surface area contributed by atoms with Crippen molar-refractivity contribution in [2.45, 2.75) is 19.8 Å². The highest BCUT2D eigenvalue weighted by Crippen LogP contribution is 2.52. The highest BCUT2D eigenvalue weighted by molar-refractivity contribution is 6.29. The van der Waals surface area contributed by atoms with E-state index >= 15 is 0 Å². The molecular formula is C21H20O5. The molecular weight excluding hydrogens is 332 g/mol. The molecule has 1 atom stereocenters. The summed E-state index contributed by atoms with van der Waals surface area (Å²) in [6, 6.07) is 15.9. The van der Waals surface area contributed by atoms with Crippen LogP contribution < -0.4 is 0 Å². The number of hydrogen-bond donors (Lipinski definition) is 0. The lowest BCUT2D eigenvalue weighted by Gasteiger charge is -2.30. The third-order valence-corrected chi connectivity index (χ3v) is 4.64. The molecule has 0 N–H and O–H groups in total. The van der Waals surface area contributed by atoms with E-state index in [4.69, 9.17) is 9.47 Å². The van der Waals surface area contributed by atoms with E-state index in [1.807, 2.05) is 18.2 Å². The Morgan fingerprint density at radius 2 is 1.42 bits per heavy atom. The molecule has 0 spiro atoms. The third kappa shape index (κ3) is 2.51. The zero-order valence-electron chi connectivity index (χ0n) is 14.7. The van der Waals surface area contributed by atoms with Gasteiger partial charge >= 0.3 is 11.9 Å². The summed E-state index contributed by atoms with van der Waals surface area (Å²) in [5.74, 6) is -3.09. The van der Waals surface area contributed by atoms with Crippen LogP contribution >= 0.6 is 0 Å². The van der Waals surface area contributed by atoms with Gasteiger partial charge in [0.2, 0.25) is 5.41 Å². The first-order chi connectivity index (χ1) is 12.6. The van der Waals surface area contributed by atoms with Crippen LogP contribution in [0, 0.1) is 5.41 Å². The minimum Gasteiger partial charge on any atom is -0.465 e. The molecule has 0 fully saturated rings. The van der Waals surface area contributed by atoms with Crippen molar-refractivity contribution >= 4 is 17.7 Å². The standard InChI is InChI=1S/C21H20O5/c1-3-25-19(23)21(20(24)26-4-2)17(14-10-6-5-7-11-14)15-12-8-9-13-16(15)18(21)22/h5-13,17H,3-4H2,1-2H3. The molecule has 3 rings (SSSR count). The van der Waals surface area contributed by atoms with Gasteiger partial charge in [-0.25, -0.2) is 0 Å². The van der Waals surface area contributed by atoms with Crippen LogP contribution in [-0.4, -0.2) is 30.9 Å².